The Hall–Kier alpha value is 0.620. The van der Waals surface area contributed by atoms with Gasteiger partial charge in [-0.15, -0.1) is 0 Å². The lowest BCUT2D eigenvalue weighted by atomic mass is 10.2. The van der Waals surface area contributed by atoms with E-state index in [4.69, 9.17) is 0 Å². The van der Waals surface area contributed by atoms with Gasteiger partial charge in [0.2, 0.25) is 0 Å². The van der Waals surface area contributed by atoms with Gasteiger partial charge in [0.1, 0.15) is 0 Å². The van der Waals surface area contributed by atoms with Crippen LogP contribution >= 0.6 is 23.5 Å². The van der Waals surface area contributed by atoms with Crippen molar-refractivity contribution >= 4 is 23.5 Å². The maximum atomic E-state index is 3.62. The van der Waals surface area contributed by atoms with Gasteiger partial charge in [-0.05, 0) is 31.7 Å². The van der Waals surface area contributed by atoms with E-state index in [1.165, 1.54) is 62.0 Å². The second kappa shape index (κ2) is 7.05. The maximum absolute atomic E-state index is 3.62. The summed E-state index contributed by atoms with van der Waals surface area (Å²) in [5.41, 5.74) is 0. The molecule has 2 heterocycles. The Morgan fingerprint density at radius 2 is 2.13 bits per heavy atom. The molecule has 2 aliphatic heterocycles. The highest BCUT2D eigenvalue weighted by Gasteiger charge is 2.15. The molecule has 2 nitrogen and oxygen atoms in total. The molecule has 0 radical (unpaired) electrons. The molecule has 1 unspecified atom stereocenters. The first-order valence-electron chi connectivity index (χ1n) is 6.06. The van der Waals surface area contributed by atoms with Crippen LogP contribution < -0.4 is 5.32 Å². The number of hydrogen-bond donors (Lipinski definition) is 1. The molecule has 0 aromatic rings. The number of hydrogen-bond acceptors (Lipinski definition) is 4. The van der Waals surface area contributed by atoms with Crippen molar-refractivity contribution in [2.75, 3.05) is 49.2 Å². The van der Waals surface area contributed by atoms with E-state index in [1.807, 2.05) is 0 Å². The summed E-state index contributed by atoms with van der Waals surface area (Å²) in [5, 5.41) is 3.62. The Balaban J connectivity index is 1.62. The van der Waals surface area contributed by atoms with E-state index in [1.54, 1.807) is 0 Å². The summed E-state index contributed by atoms with van der Waals surface area (Å²) in [6.07, 6.45) is 2.73. The van der Waals surface area contributed by atoms with Crippen LogP contribution in [-0.2, 0) is 0 Å². The zero-order chi connectivity index (χ0) is 10.3. The fourth-order valence-electron chi connectivity index (χ4n) is 2.16. The van der Waals surface area contributed by atoms with Crippen molar-refractivity contribution in [1.82, 2.24) is 10.2 Å². The molecule has 2 aliphatic rings. The van der Waals surface area contributed by atoms with Gasteiger partial charge in [-0.2, -0.15) is 23.5 Å². The van der Waals surface area contributed by atoms with Crippen molar-refractivity contribution in [2.24, 2.45) is 0 Å². The van der Waals surface area contributed by atoms with Crippen molar-refractivity contribution in [2.45, 2.75) is 18.9 Å². The van der Waals surface area contributed by atoms with Crippen LogP contribution in [0.3, 0.4) is 0 Å². The van der Waals surface area contributed by atoms with E-state index < -0.39 is 0 Å². The van der Waals surface area contributed by atoms with Crippen LogP contribution in [0.1, 0.15) is 12.8 Å². The van der Waals surface area contributed by atoms with Crippen molar-refractivity contribution in [1.29, 1.82) is 0 Å². The zero-order valence-corrected chi connectivity index (χ0v) is 11.0. The fourth-order valence-corrected chi connectivity index (χ4v) is 4.09. The first-order valence-corrected chi connectivity index (χ1v) is 8.37. The van der Waals surface area contributed by atoms with Crippen LogP contribution in [0.5, 0.6) is 0 Å². The van der Waals surface area contributed by atoms with Crippen LogP contribution in [0.2, 0.25) is 0 Å². The molecule has 0 saturated carbocycles. The van der Waals surface area contributed by atoms with E-state index in [0.29, 0.717) is 0 Å². The Morgan fingerprint density at radius 1 is 1.13 bits per heavy atom. The quantitative estimate of drug-likeness (QED) is 0.812. The summed E-state index contributed by atoms with van der Waals surface area (Å²) in [4.78, 5) is 2.65. The summed E-state index contributed by atoms with van der Waals surface area (Å²) >= 11 is 4.23. The average Bonchev–Trinajstić information content (AvgIpc) is 2.56. The minimum absolute atomic E-state index is 0.777. The van der Waals surface area contributed by atoms with Gasteiger partial charge in [0.15, 0.2) is 0 Å². The Morgan fingerprint density at radius 3 is 3.00 bits per heavy atom. The second-order valence-electron chi connectivity index (χ2n) is 4.32. The lowest BCUT2D eigenvalue weighted by molar-refractivity contribution is 0.278. The van der Waals surface area contributed by atoms with Gasteiger partial charge in [-0.1, -0.05) is 0 Å². The molecule has 1 atom stereocenters. The van der Waals surface area contributed by atoms with E-state index >= 15 is 0 Å². The molecule has 0 aliphatic carbocycles. The van der Waals surface area contributed by atoms with Crippen molar-refractivity contribution in [3.05, 3.63) is 0 Å². The largest absolute Gasteiger partial charge is 0.312 e. The molecule has 0 spiro atoms. The zero-order valence-electron chi connectivity index (χ0n) is 9.41. The number of nitrogens with one attached hydrogen (secondary N) is 1. The van der Waals surface area contributed by atoms with E-state index in [9.17, 15) is 0 Å². The molecule has 2 rings (SSSR count). The molecular weight excluding hydrogens is 224 g/mol. The Labute approximate surface area is 102 Å². The van der Waals surface area contributed by atoms with Crippen LogP contribution in [0, 0.1) is 0 Å². The SMILES string of the molecule is C1CSCCN(CCC2CSCCN2)C1. The number of thioether (sulfide) groups is 2. The second-order valence-corrected chi connectivity index (χ2v) is 6.70. The van der Waals surface area contributed by atoms with Gasteiger partial charge in [0.25, 0.3) is 0 Å². The van der Waals surface area contributed by atoms with Crippen LogP contribution in [-0.4, -0.2) is 60.1 Å². The fraction of sp³-hybridized carbons (Fsp3) is 1.00. The first-order chi connectivity index (χ1) is 7.45. The summed E-state index contributed by atoms with van der Waals surface area (Å²) in [6, 6.07) is 0.777. The van der Waals surface area contributed by atoms with E-state index in [2.05, 4.69) is 33.7 Å². The summed E-state index contributed by atoms with van der Waals surface area (Å²) in [7, 11) is 0. The maximum Gasteiger partial charge on any atom is 0.0170 e. The third-order valence-electron chi connectivity index (χ3n) is 3.11. The van der Waals surface area contributed by atoms with Gasteiger partial charge >= 0.3 is 0 Å². The Bertz CT molecular complexity index is 164. The molecule has 2 saturated heterocycles. The van der Waals surface area contributed by atoms with Gasteiger partial charge in [-0.3, -0.25) is 0 Å². The molecule has 0 aromatic heterocycles. The highest BCUT2D eigenvalue weighted by Crippen LogP contribution is 2.13. The molecule has 4 heteroatoms. The smallest absolute Gasteiger partial charge is 0.0170 e. The molecule has 15 heavy (non-hydrogen) atoms. The highest BCUT2D eigenvalue weighted by molar-refractivity contribution is 7.99. The van der Waals surface area contributed by atoms with Crippen LogP contribution in [0.4, 0.5) is 0 Å². The van der Waals surface area contributed by atoms with Crippen LogP contribution in [0.15, 0.2) is 0 Å². The third kappa shape index (κ3) is 4.55. The predicted molar refractivity (Wildman–Crippen MR) is 72.1 cm³/mol. The first kappa shape index (κ1) is 12.1. The predicted octanol–water partition coefficient (Wildman–Crippen LogP) is 1.52. The van der Waals surface area contributed by atoms with Gasteiger partial charge < -0.3 is 10.2 Å². The van der Waals surface area contributed by atoms with Crippen LogP contribution in [0.25, 0.3) is 0 Å². The van der Waals surface area contributed by atoms with E-state index in [0.717, 1.165) is 6.04 Å². The highest BCUT2D eigenvalue weighted by atomic mass is 32.2. The van der Waals surface area contributed by atoms with Gasteiger partial charge in [0, 0.05) is 36.4 Å². The minimum atomic E-state index is 0.777. The summed E-state index contributed by atoms with van der Waals surface area (Å²) in [5.74, 6) is 5.33. The standard InChI is InChI=1S/C11H22N2S2/c1-4-13(6-9-14-7-1)5-2-11-10-15-8-3-12-11/h11-12H,1-10H2. The molecule has 1 N–H and O–H groups in total. The lowest BCUT2D eigenvalue weighted by Gasteiger charge is -2.26. The molecule has 0 aromatic carbocycles. The van der Waals surface area contributed by atoms with Crippen molar-refractivity contribution < 1.29 is 0 Å². The number of rotatable bonds is 3. The van der Waals surface area contributed by atoms with Crippen molar-refractivity contribution in [3.8, 4) is 0 Å². The summed E-state index contributed by atoms with van der Waals surface area (Å²) in [6.45, 7) is 5.15. The third-order valence-corrected chi connectivity index (χ3v) is 5.29. The average molecular weight is 246 g/mol. The van der Waals surface area contributed by atoms with Gasteiger partial charge in [-0.25, -0.2) is 0 Å². The lowest BCUT2D eigenvalue weighted by Crippen LogP contribution is -2.40. The van der Waals surface area contributed by atoms with Gasteiger partial charge in [0.05, 0.1) is 0 Å². The number of nitrogens with zero attached hydrogens (tertiary/aromatic N) is 1. The molecule has 88 valence electrons. The Kier molecular flexibility index (Phi) is 5.68. The summed E-state index contributed by atoms with van der Waals surface area (Å²) < 4.78 is 0. The van der Waals surface area contributed by atoms with Crippen molar-refractivity contribution in [3.63, 3.8) is 0 Å². The minimum Gasteiger partial charge on any atom is -0.312 e. The normalized spacial score (nSPS) is 30.0. The molecule has 0 amide bonds. The molecule has 2 fully saturated rings. The monoisotopic (exact) mass is 246 g/mol. The molecule has 0 bridgehead atoms. The van der Waals surface area contributed by atoms with E-state index in [-0.39, 0.29) is 0 Å². The molecular formula is C11H22N2S2. The topological polar surface area (TPSA) is 15.3 Å².